The van der Waals surface area contributed by atoms with Gasteiger partial charge >= 0.3 is 0 Å². The Hall–Kier alpha value is 0.640. The number of hydrogen-bond acceptors (Lipinski definition) is 1. The molecule has 1 N–H and O–H groups in total. The van der Waals surface area contributed by atoms with Crippen LogP contribution in [0.2, 0.25) is 0 Å². The highest BCUT2D eigenvalue weighted by molar-refractivity contribution is 14.1. The van der Waals surface area contributed by atoms with Crippen LogP contribution in [0.15, 0.2) is 18.2 Å². The van der Waals surface area contributed by atoms with Crippen LogP contribution in [0.5, 0.6) is 0 Å². The van der Waals surface area contributed by atoms with Gasteiger partial charge in [-0.15, -0.1) is 0 Å². The summed E-state index contributed by atoms with van der Waals surface area (Å²) in [5.74, 6) is 0.272. The number of rotatable bonds is 2. The highest BCUT2D eigenvalue weighted by Crippen LogP contribution is 2.26. The monoisotopic (exact) mass is 402 g/mol. The van der Waals surface area contributed by atoms with Gasteiger partial charge in [-0.05, 0) is 68.8 Å². The predicted octanol–water partition coefficient (Wildman–Crippen LogP) is 3.59. The molecular weight excluding hydrogens is 390 g/mol. The Morgan fingerprint density at radius 2 is 1.85 bits per heavy atom. The number of benzene rings is 1. The summed E-state index contributed by atoms with van der Waals surface area (Å²) in [7, 11) is 0. The fraction of sp³-hybridized carbons (Fsp3) is 0.400. The highest BCUT2D eigenvalue weighted by atomic mass is 127. The molecular formula is C10H12I2O. The quantitative estimate of drug-likeness (QED) is 0.751. The minimum Gasteiger partial charge on any atom is -0.388 e. The van der Waals surface area contributed by atoms with Crippen molar-refractivity contribution in [3.05, 3.63) is 30.9 Å². The highest BCUT2D eigenvalue weighted by Gasteiger charge is 2.14. The van der Waals surface area contributed by atoms with Crippen LogP contribution in [-0.4, -0.2) is 5.11 Å². The van der Waals surface area contributed by atoms with E-state index in [1.165, 1.54) is 3.57 Å². The lowest BCUT2D eigenvalue weighted by Crippen LogP contribution is -2.07. The third-order valence-electron chi connectivity index (χ3n) is 1.91. The molecule has 1 aromatic carbocycles. The molecule has 0 radical (unpaired) electrons. The Labute approximate surface area is 106 Å². The molecule has 1 rings (SSSR count). The molecule has 0 saturated heterocycles. The van der Waals surface area contributed by atoms with Crippen LogP contribution < -0.4 is 0 Å². The average Bonchev–Trinajstić information content (AvgIpc) is 2.03. The number of halogens is 2. The van der Waals surface area contributed by atoms with E-state index in [2.05, 4.69) is 51.2 Å². The largest absolute Gasteiger partial charge is 0.388 e. The normalized spacial score (nSPS) is 13.4. The lowest BCUT2D eigenvalue weighted by molar-refractivity contribution is 0.126. The summed E-state index contributed by atoms with van der Waals surface area (Å²) in [5, 5.41) is 9.86. The van der Waals surface area contributed by atoms with Gasteiger partial charge in [-0.1, -0.05) is 19.9 Å². The van der Waals surface area contributed by atoms with Gasteiger partial charge in [0.25, 0.3) is 0 Å². The van der Waals surface area contributed by atoms with Crippen molar-refractivity contribution in [3.8, 4) is 0 Å². The Balaban J connectivity index is 3.01. The first-order valence-corrected chi connectivity index (χ1v) is 6.31. The molecule has 1 unspecified atom stereocenters. The SMILES string of the molecule is CC(C)C(O)c1ccc(I)cc1I. The molecule has 0 aromatic heterocycles. The van der Waals surface area contributed by atoms with Crippen molar-refractivity contribution in [1.29, 1.82) is 0 Å². The summed E-state index contributed by atoms with van der Waals surface area (Å²) in [6, 6.07) is 6.12. The fourth-order valence-electron chi connectivity index (χ4n) is 1.10. The molecule has 0 aliphatic carbocycles. The van der Waals surface area contributed by atoms with E-state index in [-0.39, 0.29) is 12.0 Å². The van der Waals surface area contributed by atoms with E-state index >= 15 is 0 Å². The summed E-state index contributed by atoms with van der Waals surface area (Å²) in [5.41, 5.74) is 1.04. The summed E-state index contributed by atoms with van der Waals surface area (Å²) in [6.45, 7) is 4.05. The summed E-state index contributed by atoms with van der Waals surface area (Å²) >= 11 is 4.55. The van der Waals surface area contributed by atoms with E-state index in [4.69, 9.17) is 0 Å². The van der Waals surface area contributed by atoms with Gasteiger partial charge in [0.15, 0.2) is 0 Å². The van der Waals surface area contributed by atoms with Crippen LogP contribution in [0.4, 0.5) is 0 Å². The maximum Gasteiger partial charge on any atom is 0.0823 e. The summed E-state index contributed by atoms with van der Waals surface area (Å²) in [4.78, 5) is 0. The van der Waals surface area contributed by atoms with Gasteiger partial charge in [-0.25, -0.2) is 0 Å². The van der Waals surface area contributed by atoms with E-state index in [0.717, 1.165) is 9.13 Å². The third-order valence-corrected chi connectivity index (χ3v) is 3.52. The van der Waals surface area contributed by atoms with Gasteiger partial charge in [-0.2, -0.15) is 0 Å². The first-order chi connectivity index (χ1) is 6.02. The predicted molar refractivity (Wildman–Crippen MR) is 71.7 cm³/mol. The van der Waals surface area contributed by atoms with E-state index in [1.807, 2.05) is 26.0 Å². The van der Waals surface area contributed by atoms with Crippen molar-refractivity contribution >= 4 is 45.2 Å². The zero-order valence-electron chi connectivity index (χ0n) is 7.59. The van der Waals surface area contributed by atoms with Crippen LogP contribution in [0.25, 0.3) is 0 Å². The summed E-state index contributed by atoms with van der Waals surface area (Å²) in [6.07, 6.45) is -0.344. The van der Waals surface area contributed by atoms with Crippen LogP contribution in [-0.2, 0) is 0 Å². The Bertz CT molecular complexity index is 297. The van der Waals surface area contributed by atoms with Gasteiger partial charge in [0.1, 0.15) is 0 Å². The van der Waals surface area contributed by atoms with Gasteiger partial charge in [-0.3, -0.25) is 0 Å². The zero-order valence-corrected chi connectivity index (χ0v) is 11.9. The lowest BCUT2D eigenvalue weighted by atomic mass is 9.99. The first-order valence-electron chi connectivity index (χ1n) is 4.15. The van der Waals surface area contributed by atoms with E-state index in [0.29, 0.717) is 0 Å². The second-order valence-electron chi connectivity index (χ2n) is 3.35. The molecule has 0 amide bonds. The zero-order chi connectivity index (χ0) is 10.0. The van der Waals surface area contributed by atoms with Crippen molar-refractivity contribution in [2.75, 3.05) is 0 Å². The molecule has 0 heterocycles. The molecule has 1 atom stereocenters. The fourth-order valence-corrected chi connectivity index (χ4v) is 3.02. The van der Waals surface area contributed by atoms with Crippen LogP contribution in [0.3, 0.4) is 0 Å². The Kier molecular flexibility index (Phi) is 4.44. The minimum absolute atomic E-state index is 0.272. The molecule has 72 valence electrons. The van der Waals surface area contributed by atoms with E-state index < -0.39 is 0 Å². The maximum atomic E-state index is 9.86. The molecule has 0 saturated carbocycles. The van der Waals surface area contributed by atoms with E-state index in [9.17, 15) is 5.11 Å². The summed E-state index contributed by atoms with van der Waals surface area (Å²) < 4.78 is 2.35. The number of aliphatic hydroxyl groups excluding tert-OH is 1. The topological polar surface area (TPSA) is 20.2 Å². The molecule has 0 aliphatic heterocycles. The first kappa shape index (κ1) is 11.7. The lowest BCUT2D eigenvalue weighted by Gasteiger charge is -2.16. The average molecular weight is 402 g/mol. The standard InChI is InChI=1S/C10H12I2O/c1-6(2)10(13)8-4-3-7(11)5-9(8)12/h3-6,10,13H,1-2H3. The smallest absolute Gasteiger partial charge is 0.0823 e. The van der Waals surface area contributed by atoms with Crippen molar-refractivity contribution < 1.29 is 5.11 Å². The maximum absolute atomic E-state index is 9.86. The Morgan fingerprint density at radius 1 is 1.23 bits per heavy atom. The van der Waals surface area contributed by atoms with Gasteiger partial charge in [0, 0.05) is 7.14 Å². The molecule has 0 bridgehead atoms. The van der Waals surface area contributed by atoms with Gasteiger partial charge in [0.2, 0.25) is 0 Å². The van der Waals surface area contributed by atoms with Crippen molar-refractivity contribution in [1.82, 2.24) is 0 Å². The molecule has 0 fully saturated rings. The second-order valence-corrected chi connectivity index (χ2v) is 5.76. The molecule has 1 nitrogen and oxygen atoms in total. The van der Waals surface area contributed by atoms with Gasteiger partial charge in [0.05, 0.1) is 6.10 Å². The third kappa shape index (κ3) is 3.06. The van der Waals surface area contributed by atoms with Gasteiger partial charge < -0.3 is 5.11 Å². The van der Waals surface area contributed by atoms with Crippen molar-refractivity contribution in [3.63, 3.8) is 0 Å². The molecule has 3 heteroatoms. The number of aliphatic hydroxyl groups is 1. The van der Waals surface area contributed by atoms with Crippen molar-refractivity contribution in [2.24, 2.45) is 5.92 Å². The van der Waals surface area contributed by atoms with Crippen LogP contribution in [0.1, 0.15) is 25.5 Å². The van der Waals surface area contributed by atoms with E-state index in [1.54, 1.807) is 0 Å². The van der Waals surface area contributed by atoms with Crippen LogP contribution >= 0.6 is 45.2 Å². The van der Waals surface area contributed by atoms with Crippen molar-refractivity contribution in [2.45, 2.75) is 20.0 Å². The van der Waals surface area contributed by atoms with Crippen LogP contribution in [0, 0.1) is 13.1 Å². The Morgan fingerprint density at radius 3 is 2.31 bits per heavy atom. The molecule has 13 heavy (non-hydrogen) atoms. The molecule has 0 aliphatic rings. The molecule has 1 aromatic rings. The number of hydrogen-bond donors (Lipinski definition) is 1. The molecule has 0 spiro atoms. The minimum atomic E-state index is -0.344. The second kappa shape index (κ2) is 4.93.